The van der Waals surface area contributed by atoms with Crippen molar-refractivity contribution in [1.29, 1.82) is 0 Å². The second kappa shape index (κ2) is 16.3. The number of benzene rings is 1. The van der Waals surface area contributed by atoms with E-state index in [1.807, 2.05) is 57.5 Å². The number of aliphatic hydroxyl groups excluding tert-OH is 1. The third-order valence-corrected chi connectivity index (χ3v) is 8.57. The largest absolute Gasteiger partial charge is 0.391 e. The van der Waals surface area contributed by atoms with Gasteiger partial charge in [0.05, 0.1) is 35.4 Å². The second-order valence-electron chi connectivity index (χ2n) is 12.1. The van der Waals surface area contributed by atoms with Crippen LogP contribution in [0.1, 0.15) is 71.1 Å². The zero-order valence-corrected chi connectivity index (χ0v) is 26.5. The summed E-state index contributed by atoms with van der Waals surface area (Å²) < 4.78 is 11.0. The summed E-state index contributed by atoms with van der Waals surface area (Å²) in [6.07, 6.45) is 2.63. The fourth-order valence-corrected chi connectivity index (χ4v) is 5.89. The van der Waals surface area contributed by atoms with Gasteiger partial charge in [-0.3, -0.25) is 14.4 Å². The maximum Gasteiger partial charge on any atom is 0.243 e. The van der Waals surface area contributed by atoms with Gasteiger partial charge in [0.1, 0.15) is 12.6 Å². The molecule has 2 aromatic rings. The van der Waals surface area contributed by atoms with Gasteiger partial charge >= 0.3 is 0 Å². The Hall–Kier alpha value is -2.66. The number of Topliss-reactive ketones (excluding diaryl/α,β-unsaturated/α-hetero) is 1. The number of ketones is 1. The molecule has 0 spiro atoms. The molecule has 3 atom stereocenters. The summed E-state index contributed by atoms with van der Waals surface area (Å²) in [6, 6.07) is 7.14. The minimum Gasteiger partial charge on any atom is -0.391 e. The number of aryl methyl sites for hydroxylation is 1. The lowest BCUT2D eigenvalue weighted by molar-refractivity contribution is -0.146. The molecule has 9 nitrogen and oxygen atoms in total. The van der Waals surface area contributed by atoms with Crippen LogP contribution in [0.15, 0.2) is 29.8 Å². The van der Waals surface area contributed by atoms with Crippen LogP contribution in [-0.2, 0) is 30.4 Å². The molecule has 1 fully saturated rings. The second-order valence-corrected chi connectivity index (χ2v) is 13.0. The van der Waals surface area contributed by atoms with Crippen molar-refractivity contribution in [2.75, 3.05) is 33.0 Å². The number of likely N-dealkylation sites (tertiary alicyclic amines) is 1. The van der Waals surface area contributed by atoms with Crippen molar-refractivity contribution in [3.63, 3.8) is 0 Å². The van der Waals surface area contributed by atoms with Crippen molar-refractivity contribution in [3.8, 4) is 10.4 Å². The number of thiazole rings is 1. The van der Waals surface area contributed by atoms with Crippen LogP contribution in [-0.4, -0.2) is 77.7 Å². The molecule has 0 unspecified atom stereocenters. The number of β-amino-alcohol motifs (C(OH)–C–C–N with tert-alkyl or cyclic N) is 1. The van der Waals surface area contributed by atoms with E-state index in [1.165, 1.54) is 4.90 Å². The molecule has 10 heteroatoms. The van der Waals surface area contributed by atoms with Crippen LogP contribution < -0.4 is 5.32 Å². The molecule has 0 radical (unpaired) electrons. The number of carbonyl (C=O) groups excluding carboxylic acids is 3. The fourth-order valence-electron chi connectivity index (χ4n) is 5.08. The number of unbranched alkanes of at least 4 members (excludes halogenated alkanes) is 2. The minimum absolute atomic E-state index is 0.00616. The van der Waals surface area contributed by atoms with Gasteiger partial charge in [-0.15, -0.1) is 11.3 Å². The van der Waals surface area contributed by atoms with E-state index in [4.69, 9.17) is 9.47 Å². The van der Waals surface area contributed by atoms with E-state index in [0.29, 0.717) is 26.4 Å². The molecule has 3 rings (SSSR count). The third-order valence-electron chi connectivity index (χ3n) is 7.60. The standard InChI is InChI=1S/C32H47N3O6S/c1-6-7-8-13-40-14-15-41-20-26(37)16-27(32(3,4)5)31(39)35-19-25(36)17-28(35)30(38)33-18-23-9-11-24(12-10-23)29-22(2)34-21-42-29/h9-12,21,25,27-28,36H,6-8,13-20H2,1-5H3,(H,33,38)/t25-,27-,28+/m1/s1. The fraction of sp³-hybridized carbons (Fsp3) is 0.625. The molecule has 42 heavy (non-hydrogen) atoms. The first-order valence-electron chi connectivity index (χ1n) is 14.9. The van der Waals surface area contributed by atoms with Gasteiger partial charge < -0.3 is 24.8 Å². The minimum atomic E-state index is -0.802. The molecule has 2 N–H and O–H groups in total. The van der Waals surface area contributed by atoms with E-state index in [1.54, 1.807) is 11.3 Å². The number of hydrogen-bond acceptors (Lipinski definition) is 8. The molecular weight excluding hydrogens is 554 g/mol. The molecule has 0 saturated carbocycles. The van der Waals surface area contributed by atoms with Crippen molar-refractivity contribution in [1.82, 2.24) is 15.2 Å². The Balaban J connectivity index is 1.54. The van der Waals surface area contributed by atoms with E-state index in [9.17, 15) is 19.5 Å². The molecule has 1 aromatic heterocycles. The molecule has 0 aliphatic carbocycles. The monoisotopic (exact) mass is 601 g/mol. The molecule has 1 saturated heterocycles. The average molecular weight is 602 g/mol. The summed E-state index contributed by atoms with van der Waals surface area (Å²) in [6.45, 7) is 11.5. The van der Waals surface area contributed by atoms with Gasteiger partial charge in [-0.1, -0.05) is 64.8 Å². The number of nitrogens with one attached hydrogen (secondary N) is 1. The number of nitrogens with zero attached hydrogens (tertiary/aromatic N) is 2. The summed E-state index contributed by atoms with van der Waals surface area (Å²) in [7, 11) is 0. The zero-order chi connectivity index (χ0) is 30.7. The Morgan fingerprint density at radius 3 is 2.48 bits per heavy atom. The van der Waals surface area contributed by atoms with E-state index < -0.39 is 23.5 Å². The molecule has 1 aliphatic rings. The lowest BCUT2D eigenvalue weighted by atomic mass is 9.77. The summed E-state index contributed by atoms with van der Waals surface area (Å²) in [4.78, 5) is 46.6. The normalized spacial score (nSPS) is 17.8. The number of hydrogen-bond donors (Lipinski definition) is 2. The van der Waals surface area contributed by atoms with Gasteiger partial charge in [0.2, 0.25) is 11.8 Å². The first-order chi connectivity index (χ1) is 20.0. The molecule has 1 aromatic carbocycles. The van der Waals surface area contributed by atoms with Crippen molar-refractivity contribution >= 4 is 28.9 Å². The van der Waals surface area contributed by atoms with Crippen LogP contribution in [0.3, 0.4) is 0 Å². The Morgan fingerprint density at radius 1 is 1.12 bits per heavy atom. The van der Waals surface area contributed by atoms with Gasteiger partial charge in [0.25, 0.3) is 0 Å². The first-order valence-corrected chi connectivity index (χ1v) is 15.8. The Bertz CT molecular complexity index is 1160. The zero-order valence-electron chi connectivity index (χ0n) is 25.7. The highest BCUT2D eigenvalue weighted by atomic mass is 32.1. The average Bonchev–Trinajstić information content (AvgIpc) is 3.56. The van der Waals surface area contributed by atoms with Crippen molar-refractivity contribution < 1.29 is 29.0 Å². The molecule has 2 amide bonds. The van der Waals surface area contributed by atoms with Crippen LogP contribution in [0.2, 0.25) is 0 Å². The number of rotatable bonds is 16. The Morgan fingerprint density at radius 2 is 1.83 bits per heavy atom. The lowest BCUT2D eigenvalue weighted by Crippen LogP contribution is -2.50. The van der Waals surface area contributed by atoms with E-state index in [0.717, 1.165) is 41.0 Å². The summed E-state index contributed by atoms with van der Waals surface area (Å²) in [5, 5.41) is 13.4. The molecule has 0 bridgehead atoms. The molecule has 1 aliphatic heterocycles. The van der Waals surface area contributed by atoms with Crippen LogP contribution in [0.4, 0.5) is 0 Å². The highest BCUT2D eigenvalue weighted by molar-refractivity contribution is 7.13. The lowest BCUT2D eigenvalue weighted by Gasteiger charge is -2.34. The molecule has 2 heterocycles. The van der Waals surface area contributed by atoms with Crippen LogP contribution in [0.5, 0.6) is 0 Å². The highest BCUT2D eigenvalue weighted by Gasteiger charge is 2.44. The summed E-state index contributed by atoms with van der Waals surface area (Å²) >= 11 is 1.59. The number of carbonyl (C=O) groups is 3. The van der Waals surface area contributed by atoms with E-state index >= 15 is 0 Å². The van der Waals surface area contributed by atoms with Crippen molar-refractivity contribution in [3.05, 3.63) is 41.0 Å². The topological polar surface area (TPSA) is 118 Å². The maximum absolute atomic E-state index is 13.8. The quantitative estimate of drug-likeness (QED) is 0.271. The predicted octanol–water partition coefficient (Wildman–Crippen LogP) is 4.54. The van der Waals surface area contributed by atoms with Gasteiger partial charge in [-0.25, -0.2) is 4.98 Å². The third kappa shape index (κ3) is 9.97. The van der Waals surface area contributed by atoms with Gasteiger partial charge in [-0.05, 0) is 29.9 Å². The van der Waals surface area contributed by atoms with Crippen molar-refractivity contribution in [2.45, 2.75) is 85.4 Å². The van der Waals surface area contributed by atoms with Crippen LogP contribution in [0, 0.1) is 18.3 Å². The van der Waals surface area contributed by atoms with Crippen molar-refractivity contribution in [2.24, 2.45) is 11.3 Å². The highest BCUT2D eigenvalue weighted by Crippen LogP contribution is 2.33. The summed E-state index contributed by atoms with van der Waals surface area (Å²) in [5.74, 6) is -1.44. The van der Waals surface area contributed by atoms with Gasteiger partial charge in [0, 0.05) is 38.5 Å². The van der Waals surface area contributed by atoms with Gasteiger partial charge in [0.15, 0.2) is 5.78 Å². The number of amides is 2. The number of aromatic nitrogens is 1. The smallest absolute Gasteiger partial charge is 0.243 e. The molecule has 232 valence electrons. The molecular formula is C32H47N3O6S. The van der Waals surface area contributed by atoms with E-state index in [-0.39, 0.29) is 43.6 Å². The van der Waals surface area contributed by atoms with Crippen LogP contribution >= 0.6 is 11.3 Å². The summed E-state index contributed by atoms with van der Waals surface area (Å²) in [5.41, 5.74) is 4.28. The first kappa shape index (κ1) is 33.8. The van der Waals surface area contributed by atoms with E-state index in [2.05, 4.69) is 17.2 Å². The number of aliphatic hydroxyl groups is 1. The Labute approximate surface area is 254 Å². The number of ether oxygens (including phenoxy) is 2. The predicted molar refractivity (Wildman–Crippen MR) is 164 cm³/mol. The van der Waals surface area contributed by atoms with Crippen LogP contribution in [0.25, 0.3) is 10.4 Å². The maximum atomic E-state index is 13.8. The van der Waals surface area contributed by atoms with Gasteiger partial charge in [-0.2, -0.15) is 0 Å². The Kier molecular flexibility index (Phi) is 13.1. The SMILES string of the molecule is CCCCCOCCOCC(=O)C[C@H](C(=O)N1C[C@H](O)C[C@H]1C(=O)NCc1ccc(-c2scnc2C)cc1)C(C)(C)C.